The number of imidazole rings is 1. The van der Waals surface area contributed by atoms with Gasteiger partial charge in [-0.1, -0.05) is 0 Å². The second kappa shape index (κ2) is 3.99. The number of rotatable bonds is 2. The number of nitrogens with zero attached hydrogens (tertiary/aromatic N) is 2. The van der Waals surface area contributed by atoms with E-state index in [-0.39, 0.29) is 0 Å². The topological polar surface area (TPSA) is 44.0 Å². The average molecular weight is 242 g/mol. The largest absolute Gasteiger partial charge is 0.369 e. The summed E-state index contributed by atoms with van der Waals surface area (Å²) < 4.78 is 0. The van der Waals surface area contributed by atoms with Crippen molar-refractivity contribution < 1.29 is 0 Å². The maximum atomic E-state index is 4.67. The van der Waals surface area contributed by atoms with Crippen LogP contribution in [0.5, 0.6) is 0 Å². The first-order chi connectivity index (χ1) is 8.90. The highest BCUT2D eigenvalue weighted by molar-refractivity contribution is 5.79. The molecule has 18 heavy (non-hydrogen) atoms. The SMILES string of the molecule is c1cc2nc(C3CC3)[nH]c2cc1N1CCNCC1. The smallest absolute Gasteiger partial charge is 0.110 e. The monoisotopic (exact) mass is 242 g/mol. The molecule has 0 bridgehead atoms. The third-order valence-electron chi connectivity index (χ3n) is 3.93. The van der Waals surface area contributed by atoms with Gasteiger partial charge >= 0.3 is 0 Å². The fourth-order valence-corrected chi connectivity index (χ4v) is 2.69. The van der Waals surface area contributed by atoms with Gasteiger partial charge in [-0.3, -0.25) is 0 Å². The van der Waals surface area contributed by atoms with Crippen molar-refractivity contribution in [3.8, 4) is 0 Å². The minimum atomic E-state index is 0.694. The molecule has 4 heteroatoms. The van der Waals surface area contributed by atoms with E-state index < -0.39 is 0 Å². The van der Waals surface area contributed by atoms with Crippen LogP contribution in [0, 0.1) is 0 Å². The van der Waals surface area contributed by atoms with Crippen LogP contribution in [0.25, 0.3) is 11.0 Å². The lowest BCUT2D eigenvalue weighted by molar-refractivity contribution is 0.589. The van der Waals surface area contributed by atoms with Crippen molar-refractivity contribution in [2.24, 2.45) is 0 Å². The second-order valence-corrected chi connectivity index (χ2v) is 5.33. The number of benzene rings is 1. The Morgan fingerprint density at radius 3 is 2.78 bits per heavy atom. The first-order valence-corrected chi connectivity index (χ1v) is 6.85. The Balaban J connectivity index is 1.69. The van der Waals surface area contributed by atoms with E-state index in [0.717, 1.165) is 31.7 Å². The van der Waals surface area contributed by atoms with E-state index in [1.807, 2.05) is 0 Å². The molecule has 2 heterocycles. The lowest BCUT2D eigenvalue weighted by atomic mass is 10.2. The molecule has 1 aromatic carbocycles. The minimum Gasteiger partial charge on any atom is -0.369 e. The zero-order chi connectivity index (χ0) is 11.9. The summed E-state index contributed by atoms with van der Waals surface area (Å²) in [5.41, 5.74) is 3.61. The summed E-state index contributed by atoms with van der Waals surface area (Å²) in [6, 6.07) is 6.60. The van der Waals surface area contributed by atoms with Gasteiger partial charge in [-0.05, 0) is 31.0 Å². The van der Waals surface area contributed by atoms with Crippen molar-refractivity contribution >= 4 is 16.7 Å². The molecule has 1 aliphatic heterocycles. The number of aromatic nitrogens is 2. The third-order valence-corrected chi connectivity index (χ3v) is 3.93. The number of anilines is 1. The molecular formula is C14H18N4. The van der Waals surface area contributed by atoms with Gasteiger partial charge in [0.25, 0.3) is 0 Å². The highest BCUT2D eigenvalue weighted by atomic mass is 15.2. The van der Waals surface area contributed by atoms with Crippen LogP contribution in [0.4, 0.5) is 5.69 Å². The van der Waals surface area contributed by atoms with Crippen LogP contribution < -0.4 is 10.2 Å². The van der Waals surface area contributed by atoms with Crippen molar-refractivity contribution in [1.82, 2.24) is 15.3 Å². The summed E-state index contributed by atoms with van der Waals surface area (Å²) in [6.07, 6.45) is 2.59. The van der Waals surface area contributed by atoms with Crippen molar-refractivity contribution in [3.05, 3.63) is 24.0 Å². The molecule has 0 amide bonds. The van der Waals surface area contributed by atoms with Crippen LogP contribution in [-0.2, 0) is 0 Å². The number of fused-ring (bicyclic) bond motifs is 1. The van der Waals surface area contributed by atoms with Gasteiger partial charge in [0.2, 0.25) is 0 Å². The first kappa shape index (κ1) is 10.4. The maximum absolute atomic E-state index is 4.67. The number of H-pyrrole nitrogens is 1. The van der Waals surface area contributed by atoms with E-state index in [1.54, 1.807) is 0 Å². The van der Waals surface area contributed by atoms with Crippen LogP contribution in [0.2, 0.25) is 0 Å². The number of nitrogens with one attached hydrogen (secondary N) is 2. The number of piperazine rings is 1. The maximum Gasteiger partial charge on any atom is 0.110 e. The zero-order valence-corrected chi connectivity index (χ0v) is 10.4. The first-order valence-electron chi connectivity index (χ1n) is 6.85. The Labute approximate surface area is 106 Å². The second-order valence-electron chi connectivity index (χ2n) is 5.33. The van der Waals surface area contributed by atoms with Crippen LogP contribution >= 0.6 is 0 Å². The van der Waals surface area contributed by atoms with Crippen molar-refractivity contribution in [1.29, 1.82) is 0 Å². The number of hydrogen-bond donors (Lipinski definition) is 2. The van der Waals surface area contributed by atoms with Gasteiger partial charge in [-0.2, -0.15) is 0 Å². The van der Waals surface area contributed by atoms with E-state index in [9.17, 15) is 0 Å². The fourth-order valence-electron chi connectivity index (χ4n) is 2.69. The zero-order valence-electron chi connectivity index (χ0n) is 10.4. The highest BCUT2D eigenvalue weighted by Crippen LogP contribution is 2.39. The Morgan fingerprint density at radius 2 is 2.00 bits per heavy atom. The molecule has 2 fully saturated rings. The van der Waals surface area contributed by atoms with E-state index >= 15 is 0 Å². The number of hydrogen-bond acceptors (Lipinski definition) is 3. The van der Waals surface area contributed by atoms with Crippen molar-refractivity contribution in [2.75, 3.05) is 31.1 Å². The molecule has 1 saturated heterocycles. The molecule has 0 unspecified atom stereocenters. The molecule has 94 valence electrons. The summed E-state index contributed by atoms with van der Waals surface area (Å²) in [4.78, 5) is 10.6. The standard InChI is InChI=1S/C14H18N4/c1-2-10(1)14-16-12-4-3-11(9-13(12)17-14)18-7-5-15-6-8-18/h3-4,9-10,15H,1-2,5-8H2,(H,16,17). The van der Waals surface area contributed by atoms with E-state index in [2.05, 4.69) is 38.4 Å². The fraction of sp³-hybridized carbons (Fsp3) is 0.500. The molecular weight excluding hydrogens is 224 g/mol. The van der Waals surface area contributed by atoms with Crippen LogP contribution in [-0.4, -0.2) is 36.1 Å². The molecule has 0 radical (unpaired) electrons. The third kappa shape index (κ3) is 1.77. The predicted octanol–water partition coefficient (Wildman–Crippen LogP) is 1.85. The lowest BCUT2D eigenvalue weighted by Crippen LogP contribution is -2.43. The summed E-state index contributed by atoms with van der Waals surface area (Å²) in [7, 11) is 0. The van der Waals surface area contributed by atoms with Gasteiger partial charge in [0.15, 0.2) is 0 Å². The summed E-state index contributed by atoms with van der Waals surface area (Å²) in [6.45, 7) is 4.34. The van der Waals surface area contributed by atoms with E-state index in [0.29, 0.717) is 5.92 Å². The Kier molecular flexibility index (Phi) is 2.30. The molecule has 4 nitrogen and oxygen atoms in total. The molecule has 0 atom stereocenters. The van der Waals surface area contributed by atoms with Crippen LogP contribution in [0.15, 0.2) is 18.2 Å². The molecule has 0 spiro atoms. The summed E-state index contributed by atoms with van der Waals surface area (Å²) in [5.74, 6) is 1.88. The predicted molar refractivity (Wildman–Crippen MR) is 73.2 cm³/mol. The Hall–Kier alpha value is -1.55. The van der Waals surface area contributed by atoms with Crippen LogP contribution in [0.3, 0.4) is 0 Å². The van der Waals surface area contributed by atoms with E-state index in [4.69, 9.17) is 0 Å². The van der Waals surface area contributed by atoms with Gasteiger partial charge in [0, 0.05) is 37.8 Å². The lowest BCUT2D eigenvalue weighted by Gasteiger charge is -2.29. The van der Waals surface area contributed by atoms with E-state index in [1.165, 1.54) is 29.9 Å². The summed E-state index contributed by atoms with van der Waals surface area (Å²) >= 11 is 0. The molecule has 4 rings (SSSR count). The minimum absolute atomic E-state index is 0.694. The highest BCUT2D eigenvalue weighted by Gasteiger charge is 2.26. The van der Waals surface area contributed by atoms with Gasteiger partial charge in [-0.25, -0.2) is 4.98 Å². The normalized spacial score (nSPS) is 20.6. The molecule has 2 aliphatic rings. The average Bonchev–Trinajstić information content (AvgIpc) is 3.19. The van der Waals surface area contributed by atoms with Crippen molar-refractivity contribution in [3.63, 3.8) is 0 Å². The van der Waals surface area contributed by atoms with Gasteiger partial charge in [0.1, 0.15) is 5.82 Å². The Morgan fingerprint density at radius 1 is 1.17 bits per heavy atom. The van der Waals surface area contributed by atoms with Gasteiger partial charge in [0.05, 0.1) is 11.0 Å². The molecule has 2 aromatic rings. The van der Waals surface area contributed by atoms with Gasteiger partial charge < -0.3 is 15.2 Å². The summed E-state index contributed by atoms with van der Waals surface area (Å²) in [5, 5.41) is 3.39. The molecule has 2 N–H and O–H groups in total. The molecule has 1 saturated carbocycles. The Bertz CT molecular complexity index is 564. The molecule has 1 aliphatic carbocycles. The van der Waals surface area contributed by atoms with Crippen molar-refractivity contribution in [2.45, 2.75) is 18.8 Å². The quantitative estimate of drug-likeness (QED) is 0.844. The number of aromatic amines is 1. The van der Waals surface area contributed by atoms with Crippen LogP contribution in [0.1, 0.15) is 24.6 Å². The van der Waals surface area contributed by atoms with Gasteiger partial charge in [-0.15, -0.1) is 0 Å². The molecule has 1 aromatic heterocycles.